The topological polar surface area (TPSA) is 32.3 Å². The van der Waals surface area contributed by atoms with E-state index in [1.807, 2.05) is 47.4 Å². The number of carbonyl (C=O) groups is 1. The molecule has 2 aliphatic rings. The fourth-order valence-electron chi connectivity index (χ4n) is 3.91. The molecule has 2 aromatic rings. The maximum absolute atomic E-state index is 12.6. The Morgan fingerprint density at radius 2 is 1.46 bits per heavy atom. The molecule has 4 rings (SSSR count). The number of piperidine rings is 1. The summed E-state index contributed by atoms with van der Waals surface area (Å²) in [5.74, 6) is 1.69. The van der Waals surface area contributed by atoms with Crippen LogP contribution in [-0.2, 0) is 0 Å². The molecule has 0 aliphatic carbocycles. The highest BCUT2D eigenvalue weighted by Crippen LogP contribution is 2.31. The molecule has 0 bridgehead atoms. The summed E-state index contributed by atoms with van der Waals surface area (Å²) in [7, 11) is 0. The Morgan fingerprint density at radius 3 is 2.12 bits per heavy atom. The lowest BCUT2D eigenvalue weighted by atomic mass is 9.80. The highest BCUT2D eigenvalue weighted by atomic mass is 16.2. The summed E-state index contributed by atoms with van der Waals surface area (Å²) in [4.78, 5) is 14.6. The first-order chi connectivity index (χ1) is 11.8. The van der Waals surface area contributed by atoms with Gasteiger partial charge < -0.3 is 10.2 Å². The Bertz CT molecular complexity index is 684. The normalized spacial score (nSPS) is 19.1. The van der Waals surface area contributed by atoms with Crippen LogP contribution in [0.5, 0.6) is 0 Å². The third-order valence-corrected chi connectivity index (χ3v) is 5.49. The van der Waals surface area contributed by atoms with Gasteiger partial charge in [0.15, 0.2) is 0 Å². The zero-order valence-corrected chi connectivity index (χ0v) is 13.9. The van der Waals surface area contributed by atoms with E-state index in [0.717, 1.165) is 43.2 Å². The van der Waals surface area contributed by atoms with Gasteiger partial charge in [0, 0.05) is 18.7 Å². The average Bonchev–Trinajstić information content (AvgIpc) is 2.62. The van der Waals surface area contributed by atoms with Crippen molar-refractivity contribution in [1.82, 2.24) is 10.2 Å². The van der Waals surface area contributed by atoms with E-state index in [4.69, 9.17) is 0 Å². The molecule has 2 aromatic carbocycles. The number of nitrogens with one attached hydrogen (secondary N) is 1. The quantitative estimate of drug-likeness (QED) is 0.940. The molecule has 124 valence electrons. The van der Waals surface area contributed by atoms with E-state index in [9.17, 15) is 4.79 Å². The van der Waals surface area contributed by atoms with Crippen molar-refractivity contribution in [3.63, 3.8) is 0 Å². The molecule has 0 unspecified atom stereocenters. The van der Waals surface area contributed by atoms with Gasteiger partial charge >= 0.3 is 0 Å². The van der Waals surface area contributed by atoms with E-state index < -0.39 is 0 Å². The van der Waals surface area contributed by atoms with Crippen LogP contribution in [0, 0.1) is 11.8 Å². The molecule has 3 heteroatoms. The van der Waals surface area contributed by atoms with Gasteiger partial charge in [0.2, 0.25) is 0 Å². The van der Waals surface area contributed by atoms with Crippen molar-refractivity contribution in [2.75, 3.05) is 26.2 Å². The number of hydrogen-bond donors (Lipinski definition) is 1. The van der Waals surface area contributed by atoms with Crippen molar-refractivity contribution in [3.05, 3.63) is 60.2 Å². The molecule has 2 heterocycles. The van der Waals surface area contributed by atoms with Crippen molar-refractivity contribution in [2.45, 2.75) is 12.8 Å². The molecule has 3 nitrogen and oxygen atoms in total. The van der Waals surface area contributed by atoms with Crippen LogP contribution in [0.25, 0.3) is 11.1 Å². The third kappa shape index (κ3) is 3.09. The molecule has 2 saturated heterocycles. The number of amides is 1. The summed E-state index contributed by atoms with van der Waals surface area (Å²) >= 11 is 0. The molecule has 1 amide bonds. The summed E-state index contributed by atoms with van der Waals surface area (Å²) in [5.41, 5.74) is 3.15. The van der Waals surface area contributed by atoms with E-state index in [1.165, 1.54) is 18.4 Å². The van der Waals surface area contributed by atoms with Crippen LogP contribution >= 0.6 is 0 Å². The van der Waals surface area contributed by atoms with Crippen LogP contribution < -0.4 is 5.32 Å². The van der Waals surface area contributed by atoms with Crippen LogP contribution in [0.1, 0.15) is 23.2 Å². The highest BCUT2D eigenvalue weighted by molar-refractivity contribution is 5.95. The monoisotopic (exact) mass is 320 g/mol. The second-order valence-electron chi connectivity index (χ2n) is 7.00. The number of benzene rings is 2. The molecule has 2 aliphatic heterocycles. The first-order valence-electron chi connectivity index (χ1n) is 8.97. The van der Waals surface area contributed by atoms with Gasteiger partial charge in [0.25, 0.3) is 5.91 Å². The Kier molecular flexibility index (Phi) is 4.35. The maximum atomic E-state index is 12.6. The molecule has 0 atom stereocenters. The zero-order valence-electron chi connectivity index (χ0n) is 13.9. The molecule has 0 aromatic heterocycles. The Hall–Kier alpha value is -2.13. The Balaban J connectivity index is 1.37. The average molecular weight is 320 g/mol. The summed E-state index contributed by atoms with van der Waals surface area (Å²) in [6.07, 6.45) is 2.52. The van der Waals surface area contributed by atoms with Crippen molar-refractivity contribution in [3.8, 4) is 11.1 Å². The van der Waals surface area contributed by atoms with Crippen LogP contribution in [0.15, 0.2) is 54.6 Å². The van der Waals surface area contributed by atoms with E-state index >= 15 is 0 Å². The summed E-state index contributed by atoms with van der Waals surface area (Å²) in [5, 5.41) is 3.42. The third-order valence-electron chi connectivity index (χ3n) is 5.49. The summed E-state index contributed by atoms with van der Waals surface area (Å²) in [6.45, 7) is 4.14. The van der Waals surface area contributed by atoms with Crippen LogP contribution in [0.2, 0.25) is 0 Å². The summed E-state index contributed by atoms with van der Waals surface area (Å²) in [6, 6.07) is 18.3. The van der Waals surface area contributed by atoms with Gasteiger partial charge in [-0.2, -0.15) is 0 Å². The van der Waals surface area contributed by atoms with Crippen molar-refractivity contribution in [1.29, 1.82) is 0 Å². The molecular formula is C21H24N2O. The second-order valence-corrected chi connectivity index (χ2v) is 7.00. The maximum Gasteiger partial charge on any atom is 0.253 e. The van der Waals surface area contributed by atoms with Gasteiger partial charge in [0.1, 0.15) is 0 Å². The highest BCUT2D eigenvalue weighted by Gasteiger charge is 2.36. The van der Waals surface area contributed by atoms with Crippen molar-refractivity contribution < 1.29 is 4.79 Å². The molecule has 1 N–H and O–H groups in total. The first-order valence-corrected chi connectivity index (χ1v) is 8.97. The number of carbonyl (C=O) groups excluding carboxylic acids is 1. The fraction of sp³-hybridized carbons (Fsp3) is 0.381. The molecule has 0 radical (unpaired) electrons. The van der Waals surface area contributed by atoms with Crippen molar-refractivity contribution >= 4 is 5.91 Å². The summed E-state index contributed by atoms with van der Waals surface area (Å²) < 4.78 is 0. The fourth-order valence-corrected chi connectivity index (χ4v) is 3.91. The van der Waals surface area contributed by atoms with Gasteiger partial charge in [-0.15, -0.1) is 0 Å². The Labute approximate surface area is 143 Å². The lowest BCUT2D eigenvalue weighted by Gasteiger charge is -2.44. The molecule has 0 spiro atoms. The molecule has 2 fully saturated rings. The van der Waals surface area contributed by atoms with Crippen molar-refractivity contribution in [2.24, 2.45) is 11.8 Å². The van der Waals surface area contributed by atoms with Gasteiger partial charge in [-0.1, -0.05) is 42.5 Å². The van der Waals surface area contributed by atoms with Crippen LogP contribution in [-0.4, -0.2) is 37.0 Å². The largest absolute Gasteiger partial charge is 0.338 e. The van der Waals surface area contributed by atoms with E-state index in [0.29, 0.717) is 5.92 Å². The number of nitrogens with zero attached hydrogens (tertiary/aromatic N) is 1. The molecule has 24 heavy (non-hydrogen) atoms. The molecule has 0 saturated carbocycles. The predicted octanol–water partition coefficient (Wildman–Crippen LogP) is 3.43. The minimum Gasteiger partial charge on any atom is -0.338 e. The number of likely N-dealkylation sites (tertiary alicyclic amines) is 1. The number of hydrogen-bond acceptors (Lipinski definition) is 2. The second kappa shape index (κ2) is 6.78. The zero-order chi connectivity index (χ0) is 16.4. The van der Waals surface area contributed by atoms with Gasteiger partial charge in [-0.05, 0) is 61.0 Å². The van der Waals surface area contributed by atoms with E-state index in [2.05, 4.69) is 17.4 Å². The van der Waals surface area contributed by atoms with E-state index in [-0.39, 0.29) is 5.91 Å². The molecular weight excluding hydrogens is 296 g/mol. The van der Waals surface area contributed by atoms with Crippen LogP contribution in [0.4, 0.5) is 0 Å². The Morgan fingerprint density at radius 1 is 0.833 bits per heavy atom. The predicted molar refractivity (Wildman–Crippen MR) is 96.9 cm³/mol. The van der Waals surface area contributed by atoms with E-state index in [1.54, 1.807) is 0 Å². The standard InChI is InChI=1S/C21H24N2O/c24-21(23-14-20(15-23)18-10-12-22-13-11-18)19-8-6-17(7-9-19)16-4-2-1-3-5-16/h1-9,18,20,22H,10-15H2. The van der Waals surface area contributed by atoms with Crippen LogP contribution in [0.3, 0.4) is 0 Å². The smallest absolute Gasteiger partial charge is 0.253 e. The van der Waals surface area contributed by atoms with Gasteiger partial charge in [0.05, 0.1) is 0 Å². The van der Waals surface area contributed by atoms with Gasteiger partial charge in [-0.3, -0.25) is 4.79 Å². The SMILES string of the molecule is O=C(c1ccc(-c2ccccc2)cc1)N1CC(C2CCNCC2)C1. The lowest BCUT2D eigenvalue weighted by molar-refractivity contribution is 0.0317. The van der Waals surface area contributed by atoms with Gasteiger partial charge in [-0.25, -0.2) is 0 Å². The minimum atomic E-state index is 0.180. The minimum absolute atomic E-state index is 0.180. The first kappa shape index (κ1) is 15.4. The number of rotatable bonds is 3. The lowest BCUT2D eigenvalue weighted by Crippen LogP contribution is -2.54.